The lowest BCUT2D eigenvalue weighted by atomic mass is 10.3. The van der Waals surface area contributed by atoms with Gasteiger partial charge in [0.1, 0.15) is 0 Å². The topological polar surface area (TPSA) is 37.3 Å². The van der Waals surface area contributed by atoms with Crippen molar-refractivity contribution in [3.8, 4) is 0 Å². The van der Waals surface area contributed by atoms with Gasteiger partial charge in [-0.15, -0.1) is 0 Å². The molecule has 0 aromatic heterocycles. The zero-order valence-electron chi connectivity index (χ0n) is 15.3. The highest BCUT2D eigenvalue weighted by Crippen LogP contribution is 2.35. The molecule has 0 aromatic rings. The first-order valence-electron chi connectivity index (χ1n) is 9.42. The molecule has 0 amide bonds. The van der Waals surface area contributed by atoms with Gasteiger partial charge in [-0.3, -0.25) is 0 Å². The van der Waals surface area contributed by atoms with Crippen LogP contribution in [0.15, 0.2) is 12.2 Å². The van der Waals surface area contributed by atoms with Gasteiger partial charge in [0, 0.05) is 5.57 Å². The van der Waals surface area contributed by atoms with Gasteiger partial charge in [-0.2, -0.15) is 0 Å². The Morgan fingerprint density at radius 2 is 1.18 bits per heavy atom. The first-order chi connectivity index (χ1) is 10.5. The van der Waals surface area contributed by atoms with Crippen LogP contribution >= 0.6 is 0 Å². The minimum atomic E-state index is -1.51. The summed E-state index contributed by atoms with van der Waals surface area (Å²) in [4.78, 5) is 11.3. The van der Waals surface area contributed by atoms with Gasteiger partial charge in [0.25, 0.3) is 0 Å². The van der Waals surface area contributed by atoms with Crippen molar-refractivity contribution >= 4 is 14.0 Å². The maximum atomic E-state index is 11.3. The molecule has 0 saturated carbocycles. The number of hydrogen-bond donors (Lipinski definition) is 1. The van der Waals surface area contributed by atoms with Crippen LogP contribution in [0.1, 0.15) is 78.6 Å². The Labute approximate surface area is 139 Å². The molecule has 0 fully saturated rings. The van der Waals surface area contributed by atoms with E-state index in [1.54, 1.807) is 0 Å². The molecular formula is C19H38O2Si. The lowest BCUT2D eigenvalue weighted by Crippen LogP contribution is -2.35. The highest BCUT2D eigenvalue weighted by Gasteiger charge is 2.33. The molecule has 0 unspecified atom stereocenters. The number of aliphatic carboxylic acids is 1. The highest BCUT2D eigenvalue weighted by atomic mass is 28.3. The van der Waals surface area contributed by atoms with E-state index in [1.807, 2.05) is 0 Å². The summed E-state index contributed by atoms with van der Waals surface area (Å²) in [6, 6.07) is 4.74. The molecular weight excluding hydrogens is 288 g/mol. The molecule has 0 aliphatic rings. The lowest BCUT2D eigenvalue weighted by molar-refractivity contribution is -0.132. The number of unbranched alkanes of at least 4 members (excludes halogenated alkanes) is 6. The Hall–Kier alpha value is -0.573. The molecule has 2 nitrogen and oxygen atoms in total. The van der Waals surface area contributed by atoms with Crippen molar-refractivity contribution in [3.05, 3.63) is 12.2 Å². The third-order valence-corrected chi connectivity index (χ3v) is 10.2. The number of carbonyl (C=O) groups is 1. The van der Waals surface area contributed by atoms with Gasteiger partial charge < -0.3 is 5.11 Å². The van der Waals surface area contributed by atoms with Crippen molar-refractivity contribution in [2.45, 2.75) is 103 Å². The standard InChI is InChI=1S/C19H38O2Si/c1-5-8-11-14-22(15-12-9-6-2,16-13-10-7-3)17-18(4)19(20)21/h4-17H2,1-3H3,(H,20,21). The summed E-state index contributed by atoms with van der Waals surface area (Å²) in [5.74, 6) is -0.779. The first kappa shape index (κ1) is 21.4. The Morgan fingerprint density at radius 1 is 0.818 bits per heavy atom. The molecule has 0 rings (SSSR count). The quantitative estimate of drug-likeness (QED) is 0.208. The first-order valence-corrected chi connectivity index (χ1v) is 12.2. The fourth-order valence-electron chi connectivity index (χ4n) is 3.42. The number of carboxylic acids is 1. The number of carboxylic acid groups (broad SMARTS) is 1. The minimum absolute atomic E-state index is 0.469. The van der Waals surface area contributed by atoms with E-state index in [0.29, 0.717) is 5.57 Å². The lowest BCUT2D eigenvalue weighted by Gasteiger charge is -2.32. The highest BCUT2D eigenvalue weighted by molar-refractivity contribution is 6.80. The molecule has 0 aromatic carbocycles. The van der Waals surface area contributed by atoms with E-state index >= 15 is 0 Å². The summed E-state index contributed by atoms with van der Waals surface area (Å²) in [5, 5.41) is 9.28. The zero-order valence-corrected chi connectivity index (χ0v) is 16.3. The fourth-order valence-corrected chi connectivity index (χ4v) is 8.76. The molecule has 130 valence electrons. The Kier molecular flexibility index (Phi) is 12.6. The third-order valence-electron chi connectivity index (χ3n) is 4.82. The molecule has 0 spiro atoms. The molecule has 0 aliphatic heterocycles. The third kappa shape index (κ3) is 9.45. The van der Waals surface area contributed by atoms with Crippen LogP contribution in [0.2, 0.25) is 24.2 Å². The maximum Gasteiger partial charge on any atom is 0.330 e. The zero-order chi connectivity index (χ0) is 16.8. The van der Waals surface area contributed by atoms with E-state index in [2.05, 4.69) is 27.4 Å². The predicted octanol–water partition coefficient (Wildman–Crippen LogP) is 6.65. The second-order valence-corrected chi connectivity index (χ2v) is 11.8. The number of hydrogen-bond acceptors (Lipinski definition) is 1. The SMILES string of the molecule is C=C(C[Si](CCCCC)(CCCCC)CCCCC)C(=O)O. The molecule has 22 heavy (non-hydrogen) atoms. The average Bonchev–Trinajstić information content (AvgIpc) is 2.48. The van der Waals surface area contributed by atoms with E-state index in [9.17, 15) is 9.90 Å². The Morgan fingerprint density at radius 3 is 1.45 bits per heavy atom. The van der Waals surface area contributed by atoms with Crippen molar-refractivity contribution in [2.75, 3.05) is 0 Å². The summed E-state index contributed by atoms with van der Waals surface area (Å²) in [6.45, 7) is 10.6. The van der Waals surface area contributed by atoms with Gasteiger partial charge in [0.2, 0.25) is 0 Å². The largest absolute Gasteiger partial charge is 0.478 e. The maximum absolute atomic E-state index is 11.3. The molecule has 0 radical (unpaired) electrons. The Bertz CT molecular complexity index is 286. The molecule has 3 heteroatoms. The second-order valence-electron chi connectivity index (χ2n) is 6.96. The molecule has 0 atom stereocenters. The molecule has 0 heterocycles. The molecule has 0 aliphatic carbocycles. The van der Waals surface area contributed by atoms with Crippen molar-refractivity contribution in [2.24, 2.45) is 0 Å². The van der Waals surface area contributed by atoms with Gasteiger partial charge in [0.05, 0.1) is 8.07 Å². The smallest absolute Gasteiger partial charge is 0.330 e. The van der Waals surface area contributed by atoms with E-state index < -0.39 is 14.0 Å². The van der Waals surface area contributed by atoms with Gasteiger partial charge in [-0.1, -0.05) is 103 Å². The van der Waals surface area contributed by atoms with Crippen molar-refractivity contribution < 1.29 is 9.90 Å². The normalized spacial score (nSPS) is 11.6. The van der Waals surface area contributed by atoms with E-state index in [-0.39, 0.29) is 0 Å². The van der Waals surface area contributed by atoms with Crippen molar-refractivity contribution in [1.82, 2.24) is 0 Å². The predicted molar refractivity (Wildman–Crippen MR) is 100 cm³/mol. The van der Waals surface area contributed by atoms with Gasteiger partial charge in [0.15, 0.2) is 0 Å². The summed E-state index contributed by atoms with van der Waals surface area (Å²) in [5.41, 5.74) is 0.469. The van der Waals surface area contributed by atoms with E-state index in [0.717, 1.165) is 6.04 Å². The van der Waals surface area contributed by atoms with Crippen LogP contribution < -0.4 is 0 Å². The number of rotatable bonds is 15. The van der Waals surface area contributed by atoms with Gasteiger partial charge in [-0.05, 0) is 6.04 Å². The van der Waals surface area contributed by atoms with Gasteiger partial charge >= 0.3 is 5.97 Å². The van der Waals surface area contributed by atoms with Crippen molar-refractivity contribution in [3.63, 3.8) is 0 Å². The summed E-state index contributed by atoms with van der Waals surface area (Å²) >= 11 is 0. The monoisotopic (exact) mass is 326 g/mol. The summed E-state index contributed by atoms with van der Waals surface area (Å²) in [7, 11) is -1.51. The fraction of sp³-hybridized carbons (Fsp3) is 0.842. The van der Waals surface area contributed by atoms with Crippen molar-refractivity contribution in [1.29, 1.82) is 0 Å². The van der Waals surface area contributed by atoms with Crippen LogP contribution in [0, 0.1) is 0 Å². The molecule has 0 bridgehead atoms. The minimum Gasteiger partial charge on any atom is -0.478 e. The summed E-state index contributed by atoms with van der Waals surface area (Å²) in [6.07, 6.45) is 11.5. The summed E-state index contributed by atoms with van der Waals surface area (Å²) < 4.78 is 0. The van der Waals surface area contributed by atoms with Crippen LogP contribution in [0.4, 0.5) is 0 Å². The second kappa shape index (κ2) is 12.9. The van der Waals surface area contributed by atoms with Crippen LogP contribution in [0.3, 0.4) is 0 Å². The van der Waals surface area contributed by atoms with Crippen LogP contribution in [0.25, 0.3) is 0 Å². The average molecular weight is 327 g/mol. The van der Waals surface area contributed by atoms with Crippen LogP contribution in [-0.4, -0.2) is 19.1 Å². The Balaban J connectivity index is 4.91. The van der Waals surface area contributed by atoms with E-state index in [1.165, 1.54) is 75.9 Å². The van der Waals surface area contributed by atoms with E-state index in [4.69, 9.17) is 0 Å². The van der Waals surface area contributed by atoms with Crippen LogP contribution in [-0.2, 0) is 4.79 Å². The molecule has 0 saturated heterocycles. The van der Waals surface area contributed by atoms with Crippen LogP contribution in [0.5, 0.6) is 0 Å². The molecule has 1 N–H and O–H groups in total. The van der Waals surface area contributed by atoms with Gasteiger partial charge in [-0.25, -0.2) is 4.79 Å².